The minimum atomic E-state index is -0.141. The quantitative estimate of drug-likeness (QED) is 0.912. The van der Waals surface area contributed by atoms with Crippen LogP contribution in [0.3, 0.4) is 0 Å². The third-order valence-electron chi connectivity index (χ3n) is 4.57. The largest absolute Gasteiger partial charge is 0.444 e. The van der Waals surface area contributed by atoms with Crippen molar-refractivity contribution in [2.75, 3.05) is 0 Å². The van der Waals surface area contributed by atoms with Crippen LogP contribution in [0, 0.1) is 0 Å². The predicted molar refractivity (Wildman–Crippen MR) is 82.4 cm³/mol. The Hall–Kier alpha value is -2.14. The molecule has 1 aromatic carbocycles. The van der Waals surface area contributed by atoms with Crippen LogP contribution in [0.1, 0.15) is 36.2 Å². The number of nitrogens with zero attached hydrogens (tertiary/aromatic N) is 1. The van der Waals surface area contributed by atoms with E-state index in [4.69, 9.17) is 4.42 Å². The van der Waals surface area contributed by atoms with Gasteiger partial charge in [0.25, 0.3) is 5.91 Å². The second kappa shape index (κ2) is 5.57. The maximum Gasteiger partial charge on any atom is 0.273 e. The third kappa shape index (κ3) is 2.64. The fourth-order valence-electron chi connectivity index (χ4n) is 3.53. The van der Waals surface area contributed by atoms with Crippen LogP contribution in [0.5, 0.6) is 0 Å². The van der Waals surface area contributed by atoms with Crippen molar-refractivity contribution in [3.8, 4) is 11.5 Å². The molecular formula is C17H19N3O2. The number of benzene rings is 1. The van der Waals surface area contributed by atoms with Gasteiger partial charge in [0.15, 0.2) is 5.69 Å². The average Bonchev–Trinajstić information content (AvgIpc) is 3.15. The number of carbonyl (C=O) groups excluding carboxylic acids is 1. The molecular weight excluding hydrogens is 278 g/mol. The Balaban J connectivity index is 1.44. The van der Waals surface area contributed by atoms with Crippen LogP contribution in [0.2, 0.25) is 0 Å². The summed E-state index contributed by atoms with van der Waals surface area (Å²) in [6, 6.07) is 11.0. The van der Waals surface area contributed by atoms with Gasteiger partial charge in [-0.05, 0) is 37.8 Å². The van der Waals surface area contributed by atoms with E-state index in [1.165, 1.54) is 19.1 Å². The molecule has 2 atom stereocenters. The zero-order chi connectivity index (χ0) is 14.9. The lowest BCUT2D eigenvalue weighted by Crippen LogP contribution is -2.48. The normalized spacial score (nSPS) is 26.8. The van der Waals surface area contributed by atoms with E-state index in [-0.39, 0.29) is 11.9 Å². The molecule has 0 spiro atoms. The SMILES string of the molecule is O=C(NC1CC2CCC(C1)N2)c1coc(-c2ccccc2)n1. The van der Waals surface area contributed by atoms with E-state index in [0.29, 0.717) is 23.7 Å². The zero-order valence-corrected chi connectivity index (χ0v) is 12.3. The first-order valence-electron chi connectivity index (χ1n) is 7.86. The Morgan fingerprint density at radius 1 is 1.18 bits per heavy atom. The van der Waals surface area contributed by atoms with Crippen LogP contribution >= 0.6 is 0 Å². The number of fused-ring (bicyclic) bond motifs is 2. The van der Waals surface area contributed by atoms with E-state index in [1.54, 1.807) is 0 Å². The third-order valence-corrected chi connectivity index (χ3v) is 4.57. The fourth-order valence-corrected chi connectivity index (χ4v) is 3.53. The number of carbonyl (C=O) groups is 1. The predicted octanol–water partition coefficient (Wildman–Crippen LogP) is 2.35. The first-order valence-corrected chi connectivity index (χ1v) is 7.86. The molecule has 0 saturated carbocycles. The van der Waals surface area contributed by atoms with Crippen LogP contribution in [-0.4, -0.2) is 29.0 Å². The molecule has 1 amide bonds. The molecule has 2 unspecified atom stereocenters. The molecule has 0 aliphatic carbocycles. The maximum absolute atomic E-state index is 12.3. The number of rotatable bonds is 3. The summed E-state index contributed by atoms with van der Waals surface area (Å²) in [4.78, 5) is 16.6. The highest BCUT2D eigenvalue weighted by atomic mass is 16.3. The van der Waals surface area contributed by atoms with Crippen LogP contribution in [0.4, 0.5) is 0 Å². The number of nitrogens with one attached hydrogen (secondary N) is 2. The smallest absolute Gasteiger partial charge is 0.273 e. The Labute approximate surface area is 129 Å². The van der Waals surface area contributed by atoms with Gasteiger partial charge in [-0.2, -0.15) is 0 Å². The van der Waals surface area contributed by atoms with Gasteiger partial charge < -0.3 is 15.1 Å². The van der Waals surface area contributed by atoms with Crippen LogP contribution in [0.25, 0.3) is 11.5 Å². The van der Waals surface area contributed by atoms with Crippen LogP contribution in [-0.2, 0) is 0 Å². The topological polar surface area (TPSA) is 67.2 Å². The van der Waals surface area contributed by atoms with Gasteiger partial charge in [0.1, 0.15) is 6.26 Å². The second-order valence-electron chi connectivity index (χ2n) is 6.18. The molecule has 22 heavy (non-hydrogen) atoms. The summed E-state index contributed by atoms with van der Waals surface area (Å²) in [5.41, 5.74) is 1.23. The lowest BCUT2D eigenvalue weighted by atomic mass is 10.00. The molecule has 2 aromatic rings. The van der Waals surface area contributed by atoms with Crippen molar-refractivity contribution in [2.24, 2.45) is 0 Å². The average molecular weight is 297 g/mol. The Bertz CT molecular complexity index is 656. The molecule has 2 N–H and O–H groups in total. The molecule has 5 heteroatoms. The lowest BCUT2D eigenvalue weighted by Gasteiger charge is -2.29. The highest BCUT2D eigenvalue weighted by molar-refractivity contribution is 5.92. The van der Waals surface area contributed by atoms with Gasteiger partial charge in [0.2, 0.25) is 5.89 Å². The van der Waals surface area contributed by atoms with E-state index in [9.17, 15) is 4.79 Å². The molecule has 5 nitrogen and oxygen atoms in total. The lowest BCUT2D eigenvalue weighted by molar-refractivity contribution is 0.0919. The minimum absolute atomic E-state index is 0.141. The first-order chi connectivity index (χ1) is 10.8. The summed E-state index contributed by atoms with van der Waals surface area (Å²) in [7, 11) is 0. The van der Waals surface area contributed by atoms with E-state index >= 15 is 0 Å². The second-order valence-corrected chi connectivity index (χ2v) is 6.18. The Kier molecular flexibility index (Phi) is 3.42. The van der Waals surface area contributed by atoms with Crippen LogP contribution in [0.15, 0.2) is 41.0 Å². The molecule has 4 rings (SSSR count). The zero-order valence-electron chi connectivity index (χ0n) is 12.3. The summed E-state index contributed by atoms with van der Waals surface area (Å²) in [5.74, 6) is 0.341. The fraction of sp³-hybridized carbons (Fsp3) is 0.412. The summed E-state index contributed by atoms with van der Waals surface area (Å²) in [6.07, 6.45) is 5.89. The van der Waals surface area contributed by atoms with E-state index < -0.39 is 0 Å². The molecule has 114 valence electrons. The van der Waals surface area contributed by atoms with Gasteiger partial charge >= 0.3 is 0 Å². The highest BCUT2D eigenvalue weighted by Crippen LogP contribution is 2.27. The number of piperidine rings is 1. The molecule has 2 aliphatic rings. The highest BCUT2D eigenvalue weighted by Gasteiger charge is 2.34. The van der Waals surface area contributed by atoms with Crippen molar-refractivity contribution < 1.29 is 9.21 Å². The van der Waals surface area contributed by atoms with Crippen molar-refractivity contribution in [3.63, 3.8) is 0 Å². The van der Waals surface area contributed by atoms with Gasteiger partial charge in [0.05, 0.1) is 0 Å². The molecule has 2 saturated heterocycles. The van der Waals surface area contributed by atoms with Crippen LogP contribution < -0.4 is 10.6 Å². The summed E-state index contributed by atoms with van der Waals surface area (Å²) >= 11 is 0. The van der Waals surface area contributed by atoms with E-state index in [1.807, 2.05) is 30.3 Å². The van der Waals surface area contributed by atoms with Crippen molar-refractivity contribution in [1.82, 2.24) is 15.6 Å². The van der Waals surface area contributed by atoms with Gasteiger partial charge in [-0.25, -0.2) is 4.98 Å². The van der Waals surface area contributed by atoms with Crippen molar-refractivity contribution in [2.45, 2.75) is 43.8 Å². The van der Waals surface area contributed by atoms with Gasteiger partial charge in [-0.1, -0.05) is 18.2 Å². The number of aromatic nitrogens is 1. The maximum atomic E-state index is 12.3. The summed E-state index contributed by atoms with van der Waals surface area (Å²) in [5, 5.41) is 6.67. The monoisotopic (exact) mass is 297 g/mol. The van der Waals surface area contributed by atoms with Crippen molar-refractivity contribution in [1.29, 1.82) is 0 Å². The van der Waals surface area contributed by atoms with E-state index in [0.717, 1.165) is 18.4 Å². The minimum Gasteiger partial charge on any atom is -0.444 e. The number of amides is 1. The Morgan fingerprint density at radius 3 is 2.64 bits per heavy atom. The van der Waals surface area contributed by atoms with E-state index in [2.05, 4.69) is 15.6 Å². The molecule has 2 aliphatic heterocycles. The van der Waals surface area contributed by atoms with Gasteiger partial charge in [0, 0.05) is 23.7 Å². The molecule has 2 fully saturated rings. The number of oxazole rings is 1. The van der Waals surface area contributed by atoms with Gasteiger partial charge in [-0.3, -0.25) is 4.79 Å². The molecule has 0 radical (unpaired) electrons. The summed E-state index contributed by atoms with van der Waals surface area (Å²) < 4.78 is 5.43. The van der Waals surface area contributed by atoms with Gasteiger partial charge in [-0.15, -0.1) is 0 Å². The first kappa shape index (κ1) is 13.5. The molecule has 2 bridgehead atoms. The summed E-state index contributed by atoms with van der Waals surface area (Å²) in [6.45, 7) is 0. The number of hydrogen-bond donors (Lipinski definition) is 2. The standard InChI is InChI=1S/C17H19N3O2/c21-16(19-14-8-12-6-7-13(9-14)18-12)15-10-22-17(20-15)11-4-2-1-3-5-11/h1-5,10,12-14,18H,6-9H2,(H,19,21). The van der Waals surface area contributed by atoms with Crippen molar-refractivity contribution >= 4 is 5.91 Å². The molecule has 1 aromatic heterocycles. The number of hydrogen-bond acceptors (Lipinski definition) is 4. The Morgan fingerprint density at radius 2 is 1.91 bits per heavy atom. The molecule has 3 heterocycles. The van der Waals surface area contributed by atoms with Crippen molar-refractivity contribution in [3.05, 3.63) is 42.3 Å².